The third-order valence-corrected chi connectivity index (χ3v) is 4.24. The van der Waals surface area contributed by atoms with E-state index in [1.807, 2.05) is 30.3 Å². The standard InChI is InChI=1S/C17H22N6O4/c1-9(10-6-4-3-5-7-10)21-17(27)23-13(15(25)26)11(14(23)24)8-12(18)22-16(19)20-2/h3-7,9,11,13H,8H2,1-2H3,(H,21,27)(H,25,26)(H4,18,19,20,22)/t9-,11?,13?/m1/s1. The molecule has 1 saturated heterocycles. The number of amides is 3. The topological polar surface area (TPSA) is 163 Å². The van der Waals surface area contributed by atoms with Crippen LogP contribution in [0.4, 0.5) is 4.79 Å². The van der Waals surface area contributed by atoms with Gasteiger partial charge < -0.3 is 21.9 Å². The number of amidine groups is 1. The zero-order chi connectivity index (χ0) is 20.1. The second kappa shape index (κ2) is 8.30. The molecule has 0 bridgehead atoms. The molecule has 0 spiro atoms. The molecule has 10 nitrogen and oxygen atoms in total. The van der Waals surface area contributed by atoms with Gasteiger partial charge in [0.25, 0.3) is 0 Å². The Bertz CT molecular complexity index is 792. The van der Waals surface area contributed by atoms with Crippen LogP contribution in [0.15, 0.2) is 40.3 Å². The van der Waals surface area contributed by atoms with Gasteiger partial charge in [0.1, 0.15) is 5.84 Å². The molecular formula is C17H22N6O4. The predicted octanol–water partition coefficient (Wildman–Crippen LogP) is 0.0606. The van der Waals surface area contributed by atoms with E-state index in [0.717, 1.165) is 5.56 Å². The number of urea groups is 1. The lowest BCUT2D eigenvalue weighted by atomic mass is 9.84. The Kier molecular flexibility index (Phi) is 6.11. The van der Waals surface area contributed by atoms with E-state index in [1.165, 1.54) is 7.05 Å². The van der Waals surface area contributed by atoms with Gasteiger partial charge in [0.05, 0.1) is 12.0 Å². The molecule has 1 fully saturated rings. The molecule has 0 aromatic heterocycles. The molecule has 3 atom stereocenters. The van der Waals surface area contributed by atoms with Gasteiger partial charge in [-0.1, -0.05) is 30.3 Å². The Hall–Kier alpha value is -3.43. The van der Waals surface area contributed by atoms with Crippen molar-refractivity contribution in [2.75, 3.05) is 7.05 Å². The number of carboxylic acid groups (broad SMARTS) is 1. The molecule has 0 saturated carbocycles. The highest BCUT2D eigenvalue weighted by Gasteiger charge is 2.55. The Morgan fingerprint density at radius 2 is 1.93 bits per heavy atom. The Balaban J connectivity index is 2.09. The van der Waals surface area contributed by atoms with Gasteiger partial charge in [-0.15, -0.1) is 0 Å². The van der Waals surface area contributed by atoms with E-state index in [-0.39, 0.29) is 18.2 Å². The van der Waals surface area contributed by atoms with Crippen LogP contribution in [0.2, 0.25) is 0 Å². The molecule has 0 radical (unpaired) electrons. The van der Waals surface area contributed by atoms with Crippen LogP contribution in [0.5, 0.6) is 0 Å². The van der Waals surface area contributed by atoms with Crippen molar-refractivity contribution in [1.82, 2.24) is 10.2 Å². The summed E-state index contributed by atoms with van der Waals surface area (Å²) in [5, 5.41) is 12.1. The monoisotopic (exact) mass is 374 g/mol. The summed E-state index contributed by atoms with van der Waals surface area (Å²) < 4.78 is 0. The van der Waals surface area contributed by atoms with Crippen LogP contribution >= 0.6 is 0 Å². The summed E-state index contributed by atoms with van der Waals surface area (Å²) in [4.78, 5) is 44.4. The van der Waals surface area contributed by atoms with Gasteiger partial charge in [0.15, 0.2) is 6.04 Å². The minimum absolute atomic E-state index is 0.0274. The lowest BCUT2D eigenvalue weighted by molar-refractivity contribution is -0.165. The quantitative estimate of drug-likeness (QED) is 0.323. The van der Waals surface area contributed by atoms with E-state index in [1.54, 1.807) is 6.92 Å². The molecule has 1 aliphatic heterocycles. The number of imide groups is 1. The van der Waals surface area contributed by atoms with E-state index < -0.39 is 35.9 Å². The van der Waals surface area contributed by atoms with Crippen LogP contribution in [-0.4, -0.2) is 52.8 Å². The second-order valence-electron chi connectivity index (χ2n) is 6.07. The van der Waals surface area contributed by atoms with Crippen LogP contribution in [0.3, 0.4) is 0 Å². The number of nitrogens with one attached hydrogen (secondary N) is 1. The molecule has 1 heterocycles. The highest BCUT2D eigenvalue weighted by molar-refractivity contribution is 6.09. The van der Waals surface area contributed by atoms with Gasteiger partial charge in [-0.05, 0) is 12.5 Å². The smallest absolute Gasteiger partial charge is 0.327 e. The van der Waals surface area contributed by atoms with Gasteiger partial charge >= 0.3 is 12.0 Å². The van der Waals surface area contributed by atoms with E-state index in [0.29, 0.717) is 4.90 Å². The van der Waals surface area contributed by atoms with Crippen LogP contribution in [0.25, 0.3) is 0 Å². The fraction of sp³-hybridized carbons (Fsp3) is 0.353. The molecule has 27 heavy (non-hydrogen) atoms. The number of β-lactam (4-membered cyclic amide) rings is 1. The first-order chi connectivity index (χ1) is 12.8. The molecular weight excluding hydrogens is 352 g/mol. The lowest BCUT2D eigenvalue weighted by Gasteiger charge is -2.43. The highest BCUT2D eigenvalue weighted by atomic mass is 16.4. The average Bonchev–Trinajstić information content (AvgIpc) is 2.63. The SMILES string of the molecule is CN=C(N)N=C(N)CC1C(=O)N(C(=O)N[C@H](C)c2ccccc2)C1C(=O)O. The number of aliphatic imine (C=N–C) groups is 2. The van der Waals surface area contributed by atoms with Crippen molar-refractivity contribution in [3.8, 4) is 0 Å². The first kappa shape index (κ1) is 19.9. The number of aliphatic carboxylic acids is 1. The van der Waals surface area contributed by atoms with Crippen molar-refractivity contribution >= 4 is 29.7 Å². The maximum absolute atomic E-state index is 12.4. The number of nitrogens with two attached hydrogens (primary N) is 2. The van der Waals surface area contributed by atoms with E-state index in [2.05, 4.69) is 15.3 Å². The average molecular weight is 374 g/mol. The second-order valence-corrected chi connectivity index (χ2v) is 6.07. The number of hydrogen-bond donors (Lipinski definition) is 4. The number of hydrogen-bond acceptors (Lipinski definition) is 4. The molecule has 2 unspecified atom stereocenters. The van der Waals surface area contributed by atoms with Crippen molar-refractivity contribution in [2.45, 2.75) is 25.4 Å². The number of benzene rings is 1. The Morgan fingerprint density at radius 3 is 2.48 bits per heavy atom. The van der Waals surface area contributed by atoms with Gasteiger partial charge in [-0.25, -0.2) is 19.5 Å². The third kappa shape index (κ3) is 4.40. The number of nitrogens with zero attached hydrogens (tertiary/aromatic N) is 3. The summed E-state index contributed by atoms with van der Waals surface area (Å²) in [6.45, 7) is 1.74. The maximum atomic E-state index is 12.4. The van der Waals surface area contributed by atoms with Crippen molar-refractivity contribution in [1.29, 1.82) is 0 Å². The molecule has 1 aromatic rings. The molecule has 1 aliphatic rings. The summed E-state index contributed by atoms with van der Waals surface area (Å²) in [6, 6.07) is 6.61. The summed E-state index contributed by atoms with van der Waals surface area (Å²) in [7, 11) is 1.42. The normalized spacial score (nSPS) is 21.4. The van der Waals surface area contributed by atoms with Crippen LogP contribution < -0.4 is 16.8 Å². The molecule has 1 aromatic carbocycles. The summed E-state index contributed by atoms with van der Waals surface area (Å²) in [6.07, 6.45) is -0.135. The van der Waals surface area contributed by atoms with Gasteiger partial charge in [0.2, 0.25) is 11.9 Å². The van der Waals surface area contributed by atoms with Crippen molar-refractivity contribution in [3.05, 3.63) is 35.9 Å². The predicted molar refractivity (Wildman–Crippen MR) is 98.9 cm³/mol. The fourth-order valence-corrected chi connectivity index (χ4v) is 2.80. The molecule has 2 rings (SSSR count). The van der Waals surface area contributed by atoms with Gasteiger partial charge in [0, 0.05) is 13.5 Å². The largest absolute Gasteiger partial charge is 0.480 e. The molecule has 6 N–H and O–H groups in total. The van der Waals surface area contributed by atoms with E-state index in [4.69, 9.17) is 11.5 Å². The van der Waals surface area contributed by atoms with Crippen molar-refractivity contribution in [2.24, 2.45) is 27.4 Å². The summed E-state index contributed by atoms with van der Waals surface area (Å²) in [5.41, 5.74) is 11.9. The van der Waals surface area contributed by atoms with Gasteiger partial charge in [-0.3, -0.25) is 9.79 Å². The summed E-state index contributed by atoms with van der Waals surface area (Å²) >= 11 is 0. The van der Waals surface area contributed by atoms with Gasteiger partial charge in [-0.2, -0.15) is 0 Å². The maximum Gasteiger partial charge on any atom is 0.327 e. The van der Waals surface area contributed by atoms with Crippen LogP contribution in [-0.2, 0) is 9.59 Å². The Labute approximate surface area is 155 Å². The fourth-order valence-electron chi connectivity index (χ4n) is 2.80. The van der Waals surface area contributed by atoms with E-state index >= 15 is 0 Å². The number of rotatable bonds is 5. The zero-order valence-corrected chi connectivity index (χ0v) is 15.0. The summed E-state index contributed by atoms with van der Waals surface area (Å²) in [5.74, 6) is -3.04. The minimum Gasteiger partial charge on any atom is -0.480 e. The van der Waals surface area contributed by atoms with Crippen molar-refractivity contribution in [3.63, 3.8) is 0 Å². The van der Waals surface area contributed by atoms with Crippen LogP contribution in [0.1, 0.15) is 24.9 Å². The first-order valence-electron chi connectivity index (χ1n) is 8.22. The molecule has 10 heteroatoms. The zero-order valence-electron chi connectivity index (χ0n) is 15.0. The molecule has 0 aliphatic carbocycles. The third-order valence-electron chi connectivity index (χ3n) is 4.24. The lowest BCUT2D eigenvalue weighted by Crippen LogP contribution is -2.68. The minimum atomic E-state index is -1.32. The molecule has 144 valence electrons. The molecule has 3 amide bonds. The van der Waals surface area contributed by atoms with E-state index in [9.17, 15) is 19.5 Å². The first-order valence-corrected chi connectivity index (χ1v) is 8.22. The number of carbonyl (C=O) groups excluding carboxylic acids is 2. The number of carboxylic acids is 1. The highest BCUT2D eigenvalue weighted by Crippen LogP contribution is 2.30. The van der Waals surface area contributed by atoms with Crippen LogP contribution in [0, 0.1) is 5.92 Å². The Morgan fingerprint density at radius 1 is 1.30 bits per heavy atom. The number of likely N-dealkylation sites (tertiary alicyclic amines) is 1. The number of guanidine groups is 1. The van der Waals surface area contributed by atoms with Crippen molar-refractivity contribution < 1.29 is 19.5 Å². The number of carbonyl (C=O) groups is 3.